The minimum Gasteiger partial charge on any atom is -0.497 e. The number of Topliss-reactive ketones (excluding diaryl/α,β-unsaturated/α-hetero) is 1. The molecule has 1 aliphatic heterocycles. The molecule has 1 aliphatic rings. The van der Waals surface area contributed by atoms with Crippen molar-refractivity contribution in [1.29, 1.82) is 0 Å². The maximum Gasteiger partial charge on any atom is 0.161 e. The van der Waals surface area contributed by atoms with Crippen molar-refractivity contribution in [3.8, 4) is 5.75 Å². The highest BCUT2D eigenvalue weighted by atomic mass is 16.5. The number of benzene rings is 1. The Labute approximate surface area is 89.4 Å². The summed E-state index contributed by atoms with van der Waals surface area (Å²) >= 11 is 0. The van der Waals surface area contributed by atoms with E-state index in [0.29, 0.717) is 6.42 Å². The second kappa shape index (κ2) is 3.26. The monoisotopic (exact) mass is 205 g/mol. The van der Waals surface area contributed by atoms with Gasteiger partial charge in [-0.3, -0.25) is 4.79 Å². The van der Waals surface area contributed by atoms with Crippen molar-refractivity contribution < 1.29 is 9.53 Å². The molecule has 1 heterocycles. The molecular formula is C12H15NO2. The predicted molar refractivity (Wildman–Crippen MR) is 59.4 cm³/mol. The molecule has 0 bridgehead atoms. The number of rotatable bonds is 1. The van der Waals surface area contributed by atoms with Crippen molar-refractivity contribution in [1.82, 2.24) is 0 Å². The van der Waals surface area contributed by atoms with E-state index in [2.05, 4.69) is 5.32 Å². The Morgan fingerprint density at radius 1 is 1.40 bits per heavy atom. The molecule has 0 spiro atoms. The fraction of sp³-hybridized carbons (Fsp3) is 0.417. The van der Waals surface area contributed by atoms with Gasteiger partial charge in [-0.05, 0) is 25.5 Å². The number of nitrogens with one attached hydrogen (secondary N) is 1. The van der Waals surface area contributed by atoms with Gasteiger partial charge in [0.15, 0.2) is 5.78 Å². The van der Waals surface area contributed by atoms with E-state index in [4.69, 9.17) is 4.74 Å². The summed E-state index contributed by atoms with van der Waals surface area (Å²) < 4.78 is 5.15. The van der Waals surface area contributed by atoms with Gasteiger partial charge in [0, 0.05) is 18.2 Å². The molecule has 1 N–H and O–H groups in total. The standard InChI is InChI=1S/C12H15NO2/c1-12(2)11(14)6-8-4-5-9(15-3)7-10(8)13-12/h4-5,7,13H,6H2,1-3H3. The Morgan fingerprint density at radius 3 is 2.80 bits per heavy atom. The quantitative estimate of drug-likeness (QED) is 0.762. The van der Waals surface area contributed by atoms with Gasteiger partial charge in [0.25, 0.3) is 0 Å². The molecule has 1 aromatic carbocycles. The third-order valence-electron chi connectivity index (χ3n) is 2.81. The minimum absolute atomic E-state index is 0.222. The average Bonchev–Trinajstić information content (AvgIpc) is 2.18. The van der Waals surface area contributed by atoms with E-state index >= 15 is 0 Å². The lowest BCUT2D eigenvalue weighted by molar-refractivity contribution is -0.122. The fourth-order valence-electron chi connectivity index (χ4n) is 1.75. The Hall–Kier alpha value is -1.51. The van der Waals surface area contributed by atoms with Crippen LogP contribution in [-0.2, 0) is 11.2 Å². The van der Waals surface area contributed by atoms with Gasteiger partial charge in [-0.1, -0.05) is 6.07 Å². The molecule has 0 amide bonds. The zero-order valence-corrected chi connectivity index (χ0v) is 9.26. The van der Waals surface area contributed by atoms with Crippen LogP contribution < -0.4 is 10.1 Å². The number of hydrogen-bond donors (Lipinski definition) is 1. The van der Waals surface area contributed by atoms with Crippen LogP contribution in [0, 0.1) is 0 Å². The highest BCUT2D eigenvalue weighted by Crippen LogP contribution is 2.31. The fourth-order valence-corrected chi connectivity index (χ4v) is 1.75. The summed E-state index contributed by atoms with van der Waals surface area (Å²) in [5.74, 6) is 1.03. The third-order valence-corrected chi connectivity index (χ3v) is 2.81. The average molecular weight is 205 g/mol. The van der Waals surface area contributed by atoms with E-state index in [1.54, 1.807) is 7.11 Å². The van der Waals surface area contributed by atoms with Gasteiger partial charge >= 0.3 is 0 Å². The van der Waals surface area contributed by atoms with Gasteiger partial charge in [-0.15, -0.1) is 0 Å². The maximum absolute atomic E-state index is 11.7. The number of ketones is 1. The Morgan fingerprint density at radius 2 is 2.13 bits per heavy atom. The Balaban J connectivity index is 2.42. The molecule has 0 aromatic heterocycles. The molecule has 80 valence electrons. The Bertz CT molecular complexity index is 410. The van der Waals surface area contributed by atoms with E-state index in [1.807, 2.05) is 32.0 Å². The van der Waals surface area contributed by atoms with Crippen molar-refractivity contribution >= 4 is 11.5 Å². The van der Waals surface area contributed by atoms with Crippen LogP contribution in [-0.4, -0.2) is 18.4 Å². The molecular weight excluding hydrogens is 190 g/mol. The zero-order chi connectivity index (χ0) is 11.1. The van der Waals surface area contributed by atoms with Crippen molar-refractivity contribution in [2.24, 2.45) is 0 Å². The molecule has 1 aromatic rings. The van der Waals surface area contributed by atoms with Crippen LogP contribution in [0.25, 0.3) is 0 Å². The van der Waals surface area contributed by atoms with E-state index in [0.717, 1.165) is 17.0 Å². The minimum atomic E-state index is -0.473. The lowest BCUT2D eigenvalue weighted by Crippen LogP contribution is -2.44. The maximum atomic E-state index is 11.7. The number of hydrogen-bond acceptors (Lipinski definition) is 3. The summed E-state index contributed by atoms with van der Waals surface area (Å²) in [6.45, 7) is 3.80. The zero-order valence-electron chi connectivity index (χ0n) is 9.26. The molecule has 0 unspecified atom stereocenters. The van der Waals surface area contributed by atoms with Gasteiger partial charge < -0.3 is 10.1 Å². The predicted octanol–water partition coefficient (Wildman–Crippen LogP) is 2.01. The molecule has 3 heteroatoms. The molecule has 3 nitrogen and oxygen atoms in total. The van der Waals surface area contributed by atoms with Crippen LogP contribution in [0.2, 0.25) is 0 Å². The van der Waals surface area contributed by atoms with Crippen molar-refractivity contribution in [2.75, 3.05) is 12.4 Å². The van der Waals surface area contributed by atoms with Crippen LogP contribution >= 0.6 is 0 Å². The smallest absolute Gasteiger partial charge is 0.161 e. The number of anilines is 1. The lowest BCUT2D eigenvalue weighted by Gasteiger charge is -2.32. The lowest BCUT2D eigenvalue weighted by atomic mass is 9.88. The molecule has 0 atom stereocenters. The first kappa shape index (κ1) is 10.0. The summed E-state index contributed by atoms with van der Waals surface area (Å²) in [7, 11) is 1.64. The van der Waals surface area contributed by atoms with Crippen molar-refractivity contribution in [2.45, 2.75) is 25.8 Å². The molecule has 0 radical (unpaired) electrons. The SMILES string of the molecule is COc1ccc2c(c1)NC(C)(C)C(=O)C2. The van der Waals surface area contributed by atoms with Gasteiger partial charge in [-0.2, -0.15) is 0 Å². The van der Waals surface area contributed by atoms with Crippen LogP contribution in [0.5, 0.6) is 5.75 Å². The molecule has 0 fully saturated rings. The van der Waals surface area contributed by atoms with Gasteiger partial charge in [0.1, 0.15) is 5.75 Å². The first-order valence-electron chi connectivity index (χ1n) is 5.01. The highest BCUT2D eigenvalue weighted by molar-refractivity contribution is 5.96. The van der Waals surface area contributed by atoms with E-state index in [-0.39, 0.29) is 5.78 Å². The molecule has 15 heavy (non-hydrogen) atoms. The van der Waals surface area contributed by atoms with Crippen molar-refractivity contribution in [3.05, 3.63) is 23.8 Å². The largest absolute Gasteiger partial charge is 0.497 e. The molecule has 0 saturated carbocycles. The van der Waals surface area contributed by atoms with E-state index in [9.17, 15) is 4.79 Å². The second-order valence-corrected chi connectivity index (χ2v) is 4.37. The van der Waals surface area contributed by atoms with Gasteiger partial charge in [0.2, 0.25) is 0 Å². The summed E-state index contributed by atoms with van der Waals surface area (Å²) in [5.41, 5.74) is 1.57. The first-order chi connectivity index (χ1) is 7.03. The topological polar surface area (TPSA) is 38.3 Å². The normalized spacial score (nSPS) is 17.9. The van der Waals surface area contributed by atoms with Crippen molar-refractivity contribution in [3.63, 3.8) is 0 Å². The first-order valence-corrected chi connectivity index (χ1v) is 5.01. The third kappa shape index (κ3) is 1.69. The van der Waals surface area contributed by atoms with Gasteiger partial charge in [-0.25, -0.2) is 0 Å². The summed E-state index contributed by atoms with van der Waals surface area (Å²) in [4.78, 5) is 11.7. The van der Waals surface area contributed by atoms with Crippen LogP contribution in [0.1, 0.15) is 19.4 Å². The second-order valence-electron chi connectivity index (χ2n) is 4.37. The summed E-state index contributed by atoms with van der Waals surface area (Å²) in [5, 5.41) is 3.23. The number of carbonyl (C=O) groups excluding carboxylic acids is 1. The molecule has 0 aliphatic carbocycles. The number of fused-ring (bicyclic) bond motifs is 1. The molecule has 0 saturated heterocycles. The number of methoxy groups -OCH3 is 1. The van der Waals surface area contributed by atoms with Gasteiger partial charge in [0.05, 0.1) is 12.6 Å². The summed E-state index contributed by atoms with van der Waals surface area (Å²) in [6, 6.07) is 5.75. The van der Waals surface area contributed by atoms with Crippen LogP contribution in [0.4, 0.5) is 5.69 Å². The molecule has 2 rings (SSSR count). The summed E-state index contributed by atoms with van der Waals surface area (Å²) in [6.07, 6.45) is 0.499. The highest BCUT2D eigenvalue weighted by Gasteiger charge is 2.32. The Kier molecular flexibility index (Phi) is 2.18. The van der Waals surface area contributed by atoms with E-state index < -0.39 is 5.54 Å². The number of carbonyl (C=O) groups is 1. The number of ether oxygens (including phenoxy) is 1. The van der Waals surface area contributed by atoms with E-state index in [1.165, 1.54) is 0 Å². The van der Waals surface area contributed by atoms with Crippen LogP contribution in [0.3, 0.4) is 0 Å². The van der Waals surface area contributed by atoms with Crippen LogP contribution in [0.15, 0.2) is 18.2 Å².